The molecule has 0 aliphatic carbocycles. The summed E-state index contributed by atoms with van der Waals surface area (Å²) in [5.74, 6) is 4.00. The molecule has 0 spiro atoms. The topological polar surface area (TPSA) is 98.6 Å². The van der Waals surface area contributed by atoms with Crippen molar-refractivity contribution < 1.29 is 14.3 Å². The SMILES string of the molecule is CC1CC(CC(=O)N(N)C(N)=S)C(=O)O1. The van der Waals surface area contributed by atoms with E-state index in [1.165, 1.54) is 0 Å². The van der Waals surface area contributed by atoms with Crippen LogP contribution in [0.3, 0.4) is 0 Å². The molecule has 1 aliphatic heterocycles. The summed E-state index contributed by atoms with van der Waals surface area (Å²) in [6.45, 7) is 1.77. The fourth-order valence-electron chi connectivity index (χ4n) is 1.44. The number of amides is 1. The van der Waals surface area contributed by atoms with E-state index in [1.807, 2.05) is 0 Å². The van der Waals surface area contributed by atoms with Crippen LogP contribution in [0.4, 0.5) is 0 Å². The average molecular weight is 231 g/mol. The molecule has 0 aromatic heterocycles. The van der Waals surface area contributed by atoms with Crippen LogP contribution in [0, 0.1) is 5.92 Å². The second-order valence-corrected chi connectivity index (χ2v) is 3.90. The van der Waals surface area contributed by atoms with E-state index in [4.69, 9.17) is 16.3 Å². The van der Waals surface area contributed by atoms with Gasteiger partial charge in [0.1, 0.15) is 0 Å². The minimum absolute atomic E-state index is 0.0169. The lowest BCUT2D eigenvalue weighted by Gasteiger charge is -2.14. The van der Waals surface area contributed by atoms with Gasteiger partial charge in [-0.05, 0) is 25.6 Å². The Hall–Kier alpha value is -1.21. The summed E-state index contributed by atoms with van der Waals surface area (Å²) >= 11 is 4.53. The molecule has 1 amide bonds. The van der Waals surface area contributed by atoms with Gasteiger partial charge in [-0.15, -0.1) is 0 Å². The Bertz CT molecular complexity index is 308. The molecular weight excluding hydrogens is 218 g/mol. The summed E-state index contributed by atoms with van der Waals surface area (Å²) in [6, 6.07) is 0. The van der Waals surface area contributed by atoms with Crippen LogP contribution in [0.1, 0.15) is 19.8 Å². The van der Waals surface area contributed by atoms with Crippen LogP contribution >= 0.6 is 12.2 Å². The molecule has 2 atom stereocenters. The Morgan fingerprint density at radius 1 is 1.73 bits per heavy atom. The second-order valence-electron chi connectivity index (χ2n) is 3.49. The van der Waals surface area contributed by atoms with Gasteiger partial charge >= 0.3 is 5.97 Å². The molecule has 1 saturated heterocycles. The summed E-state index contributed by atoms with van der Waals surface area (Å²) in [6.07, 6.45) is 0.360. The van der Waals surface area contributed by atoms with Gasteiger partial charge in [-0.25, -0.2) is 10.9 Å². The molecule has 2 unspecified atom stereocenters. The Morgan fingerprint density at radius 2 is 2.33 bits per heavy atom. The van der Waals surface area contributed by atoms with Gasteiger partial charge in [0.25, 0.3) is 0 Å². The lowest BCUT2D eigenvalue weighted by Crippen LogP contribution is -2.46. The molecule has 7 heteroatoms. The standard InChI is InChI=1S/C8H13N3O3S/c1-4-2-5(7(13)14-4)3-6(12)11(10)8(9)15/h4-5H,2-3,10H2,1H3,(H2,9,15). The highest BCUT2D eigenvalue weighted by molar-refractivity contribution is 7.80. The van der Waals surface area contributed by atoms with E-state index >= 15 is 0 Å². The summed E-state index contributed by atoms with van der Waals surface area (Å²) in [4.78, 5) is 22.6. The van der Waals surface area contributed by atoms with Crippen molar-refractivity contribution in [2.75, 3.05) is 0 Å². The molecule has 1 heterocycles. The molecule has 84 valence electrons. The number of hydrogen-bond acceptors (Lipinski definition) is 5. The quantitative estimate of drug-likeness (QED) is 0.214. The van der Waals surface area contributed by atoms with Crippen LogP contribution < -0.4 is 11.6 Å². The fourth-order valence-corrected chi connectivity index (χ4v) is 1.54. The third-order valence-electron chi connectivity index (χ3n) is 2.19. The van der Waals surface area contributed by atoms with Gasteiger partial charge < -0.3 is 10.5 Å². The van der Waals surface area contributed by atoms with E-state index < -0.39 is 11.8 Å². The maximum Gasteiger partial charge on any atom is 0.309 e. The summed E-state index contributed by atoms with van der Waals surface area (Å²) in [5, 5.41) is 0.463. The van der Waals surface area contributed by atoms with Crippen LogP contribution in [-0.4, -0.2) is 28.1 Å². The molecule has 1 fully saturated rings. The number of carbonyl (C=O) groups is 2. The molecule has 0 aromatic carbocycles. The monoisotopic (exact) mass is 231 g/mol. The number of nitrogens with zero attached hydrogens (tertiary/aromatic N) is 1. The highest BCUT2D eigenvalue weighted by Gasteiger charge is 2.34. The van der Waals surface area contributed by atoms with Crippen molar-refractivity contribution in [1.82, 2.24) is 5.01 Å². The van der Waals surface area contributed by atoms with Gasteiger partial charge in [0, 0.05) is 6.42 Å². The molecule has 6 nitrogen and oxygen atoms in total. The number of carbonyl (C=O) groups excluding carboxylic acids is 2. The van der Waals surface area contributed by atoms with Crippen molar-refractivity contribution in [2.45, 2.75) is 25.9 Å². The molecule has 15 heavy (non-hydrogen) atoms. The lowest BCUT2D eigenvalue weighted by atomic mass is 10.0. The smallest absolute Gasteiger partial charge is 0.309 e. The summed E-state index contributed by atoms with van der Waals surface area (Å²) in [7, 11) is 0. The van der Waals surface area contributed by atoms with Gasteiger partial charge in [-0.2, -0.15) is 0 Å². The van der Waals surface area contributed by atoms with Crippen LogP contribution in [-0.2, 0) is 14.3 Å². The van der Waals surface area contributed by atoms with Crippen molar-refractivity contribution in [3.8, 4) is 0 Å². The Kier molecular flexibility index (Phi) is 3.59. The number of hydrogen-bond donors (Lipinski definition) is 2. The highest BCUT2D eigenvalue weighted by atomic mass is 32.1. The molecular formula is C8H13N3O3S. The van der Waals surface area contributed by atoms with Crippen molar-refractivity contribution in [3.63, 3.8) is 0 Å². The average Bonchev–Trinajstić information content (AvgIpc) is 2.43. The van der Waals surface area contributed by atoms with E-state index in [9.17, 15) is 9.59 Å². The number of cyclic esters (lactones) is 1. The van der Waals surface area contributed by atoms with Gasteiger partial charge in [0.2, 0.25) is 5.91 Å². The number of nitrogens with two attached hydrogens (primary N) is 2. The molecule has 0 aromatic rings. The zero-order valence-electron chi connectivity index (χ0n) is 8.30. The van der Waals surface area contributed by atoms with Crippen molar-refractivity contribution in [1.29, 1.82) is 0 Å². The third-order valence-corrected chi connectivity index (χ3v) is 2.39. The first-order chi connectivity index (χ1) is 6.91. The van der Waals surface area contributed by atoms with E-state index in [0.717, 1.165) is 0 Å². The van der Waals surface area contributed by atoms with Gasteiger partial charge in [-0.1, -0.05) is 0 Å². The first-order valence-electron chi connectivity index (χ1n) is 4.49. The number of esters is 1. The Labute approximate surface area is 92.5 Å². The van der Waals surface area contributed by atoms with E-state index in [0.29, 0.717) is 11.4 Å². The molecule has 0 saturated carbocycles. The minimum Gasteiger partial charge on any atom is -0.462 e. The van der Waals surface area contributed by atoms with Gasteiger partial charge in [0.15, 0.2) is 5.11 Å². The van der Waals surface area contributed by atoms with E-state index in [2.05, 4.69) is 12.2 Å². The minimum atomic E-state index is -0.474. The van der Waals surface area contributed by atoms with Crippen molar-refractivity contribution in [2.24, 2.45) is 17.5 Å². The first-order valence-corrected chi connectivity index (χ1v) is 4.90. The number of hydrazine groups is 1. The zero-order valence-corrected chi connectivity index (χ0v) is 9.12. The van der Waals surface area contributed by atoms with Crippen LogP contribution in [0.2, 0.25) is 0 Å². The number of thiocarbonyl (C=S) groups is 1. The van der Waals surface area contributed by atoms with Gasteiger partial charge in [0.05, 0.1) is 12.0 Å². The van der Waals surface area contributed by atoms with Crippen LogP contribution in [0.5, 0.6) is 0 Å². The molecule has 0 radical (unpaired) electrons. The second kappa shape index (κ2) is 4.54. The van der Waals surface area contributed by atoms with E-state index in [-0.39, 0.29) is 23.6 Å². The molecule has 4 N–H and O–H groups in total. The molecule has 1 aliphatic rings. The highest BCUT2D eigenvalue weighted by Crippen LogP contribution is 2.23. The lowest BCUT2D eigenvalue weighted by molar-refractivity contribution is -0.145. The van der Waals surface area contributed by atoms with Crippen molar-refractivity contribution >= 4 is 29.2 Å². The third kappa shape index (κ3) is 2.87. The predicted octanol–water partition coefficient (Wildman–Crippen LogP) is -0.726. The maximum absolute atomic E-state index is 11.4. The predicted molar refractivity (Wildman–Crippen MR) is 56.1 cm³/mol. The molecule has 1 rings (SSSR count). The van der Waals surface area contributed by atoms with Crippen LogP contribution in [0.15, 0.2) is 0 Å². The number of rotatable bonds is 2. The summed E-state index contributed by atoms with van der Waals surface area (Å²) in [5.41, 5.74) is 5.17. The van der Waals surface area contributed by atoms with Crippen molar-refractivity contribution in [3.05, 3.63) is 0 Å². The molecule has 0 bridgehead atoms. The van der Waals surface area contributed by atoms with Gasteiger partial charge in [-0.3, -0.25) is 9.59 Å². The Balaban J connectivity index is 2.52. The largest absolute Gasteiger partial charge is 0.462 e. The first kappa shape index (κ1) is 11.9. The van der Waals surface area contributed by atoms with Crippen LogP contribution in [0.25, 0.3) is 0 Å². The summed E-state index contributed by atoms with van der Waals surface area (Å²) < 4.78 is 4.90. The van der Waals surface area contributed by atoms with E-state index in [1.54, 1.807) is 6.92 Å². The number of ether oxygens (including phenoxy) is 1. The Morgan fingerprint density at radius 3 is 2.73 bits per heavy atom. The normalized spacial score (nSPS) is 24.8. The fraction of sp³-hybridized carbons (Fsp3) is 0.625. The maximum atomic E-state index is 11.4. The zero-order chi connectivity index (χ0) is 11.6.